The van der Waals surface area contributed by atoms with Crippen molar-refractivity contribution in [1.82, 2.24) is 19.4 Å². The second-order valence-corrected chi connectivity index (χ2v) is 7.59. The zero-order chi connectivity index (χ0) is 17.2. The average molecular weight is 348 g/mol. The monoisotopic (exact) mass is 348 g/mol. The van der Waals surface area contributed by atoms with E-state index >= 15 is 0 Å². The first kappa shape index (κ1) is 16.7. The van der Waals surface area contributed by atoms with Gasteiger partial charge < -0.3 is 4.90 Å². The number of nitrogens with one attached hydrogen (secondary N) is 1. The summed E-state index contributed by atoms with van der Waals surface area (Å²) in [5.41, 5.74) is 0.824. The highest BCUT2D eigenvalue weighted by molar-refractivity contribution is 7.89. The molecule has 0 spiro atoms. The molecule has 1 amide bonds. The number of aryl methyl sites for hydroxylation is 1. The Kier molecular flexibility index (Phi) is 4.68. The standard InChI is InChI=1S/C16H20N4O3S/c1-19-11-14(10-17-19)24(22,23)18-15(13-6-3-2-4-7-13)12-20-9-5-8-16(20)21/h2-4,6-7,10-11,15,18H,5,8-9,12H2,1H3/t15-/m1/s1. The molecule has 1 fully saturated rings. The fourth-order valence-corrected chi connectivity index (χ4v) is 4.00. The SMILES string of the molecule is Cn1cc(S(=O)(=O)N[C@H](CN2CCCC2=O)c2ccccc2)cn1. The average Bonchev–Trinajstić information content (AvgIpc) is 3.17. The van der Waals surface area contributed by atoms with Gasteiger partial charge in [0.2, 0.25) is 15.9 Å². The highest BCUT2D eigenvalue weighted by Gasteiger charge is 2.28. The largest absolute Gasteiger partial charge is 0.341 e. The maximum absolute atomic E-state index is 12.6. The molecule has 1 aromatic carbocycles. The third kappa shape index (κ3) is 3.65. The van der Waals surface area contributed by atoms with Crippen LogP contribution in [-0.2, 0) is 21.9 Å². The zero-order valence-electron chi connectivity index (χ0n) is 13.4. The maximum Gasteiger partial charge on any atom is 0.244 e. The van der Waals surface area contributed by atoms with Crippen LogP contribution in [0.3, 0.4) is 0 Å². The van der Waals surface area contributed by atoms with Crippen LogP contribution in [0.5, 0.6) is 0 Å². The first-order valence-electron chi connectivity index (χ1n) is 7.79. The Morgan fingerprint density at radius 1 is 1.29 bits per heavy atom. The first-order chi connectivity index (χ1) is 11.5. The molecule has 0 aliphatic carbocycles. The van der Waals surface area contributed by atoms with Crippen LogP contribution in [0, 0.1) is 0 Å². The van der Waals surface area contributed by atoms with E-state index < -0.39 is 16.1 Å². The van der Waals surface area contributed by atoms with Gasteiger partial charge in [-0.1, -0.05) is 30.3 Å². The van der Waals surface area contributed by atoms with Crippen LogP contribution < -0.4 is 4.72 Å². The number of aromatic nitrogens is 2. The number of rotatable bonds is 6. The molecule has 1 aliphatic rings. The van der Waals surface area contributed by atoms with Gasteiger partial charge in [-0.15, -0.1) is 0 Å². The lowest BCUT2D eigenvalue weighted by Crippen LogP contribution is -2.38. The highest BCUT2D eigenvalue weighted by Crippen LogP contribution is 2.21. The molecule has 128 valence electrons. The summed E-state index contributed by atoms with van der Waals surface area (Å²) in [6.07, 6.45) is 4.10. The van der Waals surface area contributed by atoms with Crippen molar-refractivity contribution in [1.29, 1.82) is 0 Å². The number of hydrogen-bond donors (Lipinski definition) is 1. The van der Waals surface area contributed by atoms with Crippen LogP contribution >= 0.6 is 0 Å². The first-order valence-corrected chi connectivity index (χ1v) is 9.28. The summed E-state index contributed by atoms with van der Waals surface area (Å²) in [7, 11) is -2.05. The molecule has 2 heterocycles. The zero-order valence-corrected chi connectivity index (χ0v) is 14.2. The minimum atomic E-state index is -3.72. The van der Waals surface area contributed by atoms with Gasteiger partial charge in [-0.2, -0.15) is 5.10 Å². The van der Waals surface area contributed by atoms with Crippen molar-refractivity contribution in [3.63, 3.8) is 0 Å². The van der Waals surface area contributed by atoms with Crippen molar-refractivity contribution in [3.8, 4) is 0 Å². The van der Waals surface area contributed by atoms with Gasteiger partial charge in [0.05, 0.1) is 12.2 Å². The van der Waals surface area contributed by atoms with Gasteiger partial charge in [0.1, 0.15) is 4.90 Å². The summed E-state index contributed by atoms with van der Waals surface area (Å²) in [5, 5.41) is 3.91. The van der Waals surface area contributed by atoms with Gasteiger partial charge in [-0.05, 0) is 12.0 Å². The van der Waals surface area contributed by atoms with Crippen molar-refractivity contribution in [2.45, 2.75) is 23.8 Å². The van der Waals surface area contributed by atoms with E-state index in [9.17, 15) is 13.2 Å². The van der Waals surface area contributed by atoms with E-state index in [2.05, 4.69) is 9.82 Å². The Bertz CT molecular complexity index is 817. The van der Waals surface area contributed by atoms with Crippen LogP contribution in [0.2, 0.25) is 0 Å². The summed E-state index contributed by atoms with van der Waals surface area (Å²) in [4.78, 5) is 13.7. The Labute approximate surface area is 141 Å². The van der Waals surface area contributed by atoms with Gasteiger partial charge in [0.25, 0.3) is 0 Å². The third-order valence-electron chi connectivity index (χ3n) is 4.07. The van der Waals surface area contributed by atoms with Gasteiger partial charge in [-0.25, -0.2) is 13.1 Å². The number of carbonyl (C=O) groups excluding carboxylic acids is 1. The molecule has 0 unspecified atom stereocenters. The predicted molar refractivity (Wildman–Crippen MR) is 88.5 cm³/mol. The van der Waals surface area contributed by atoms with Gasteiger partial charge >= 0.3 is 0 Å². The van der Waals surface area contributed by atoms with Crippen molar-refractivity contribution < 1.29 is 13.2 Å². The summed E-state index contributed by atoms with van der Waals surface area (Å²) in [6.45, 7) is 0.985. The molecule has 0 saturated carbocycles. The van der Waals surface area contributed by atoms with Crippen LogP contribution in [0.4, 0.5) is 0 Å². The van der Waals surface area contributed by atoms with Crippen LogP contribution in [0.1, 0.15) is 24.4 Å². The van der Waals surface area contributed by atoms with E-state index in [1.54, 1.807) is 11.9 Å². The van der Waals surface area contributed by atoms with E-state index in [-0.39, 0.29) is 10.8 Å². The van der Waals surface area contributed by atoms with E-state index in [1.165, 1.54) is 17.1 Å². The summed E-state index contributed by atoms with van der Waals surface area (Å²) >= 11 is 0. The summed E-state index contributed by atoms with van der Waals surface area (Å²) < 4.78 is 29.4. The quantitative estimate of drug-likeness (QED) is 0.846. The van der Waals surface area contributed by atoms with Crippen molar-refractivity contribution in [2.75, 3.05) is 13.1 Å². The molecule has 0 radical (unpaired) electrons. The molecule has 1 saturated heterocycles. The fourth-order valence-electron chi connectivity index (χ4n) is 2.81. The highest BCUT2D eigenvalue weighted by atomic mass is 32.2. The van der Waals surface area contributed by atoms with Crippen LogP contribution in [-0.4, -0.2) is 42.1 Å². The Balaban J connectivity index is 1.86. The smallest absolute Gasteiger partial charge is 0.244 e. The lowest BCUT2D eigenvalue weighted by molar-refractivity contribution is -0.127. The summed E-state index contributed by atoms with van der Waals surface area (Å²) in [5.74, 6) is 0.0662. The minimum Gasteiger partial charge on any atom is -0.341 e. The van der Waals surface area contributed by atoms with Gasteiger partial charge in [-0.3, -0.25) is 9.48 Å². The van der Waals surface area contributed by atoms with E-state index in [1.807, 2.05) is 30.3 Å². The molecule has 1 atom stereocenters. The van der Waals surface area contributed by atoms with Gasteiger partial charge in [0, 0.05) is 32.8 Å². The van der Waals surface area contributed by atoms with E-state index in [4.69, 9.17) is 0 Å². The Morgan fingerprint density at radius 3 is 2.62 bits per heavy atom. The molecule has 3 rings (SSSR count). The van der Waals surface area contributed by atoms with Crippen molar-refractivity contribution >= 4 is 15.9 Å². The topological polar surface area (TPSA) is 84.3 Å². The number of amides is 1. The normalized spacial score (nSPS) is 16.5. The van der Waals surface area contributed by atoms with Gasteiger partial charge in [0.15, 0.2) is 0 Å². The molecular formula is C16H20N4O3S. The molecule has 0 bridgehead atoms. The van der Waals surface area contributed by atoms with Crippen molar-refractivity contribution in [3.05, 3.63) is 48.3 Å². The number of benzene rings is 1. The Hall–Kier alpha value is -2.19. The molecule has 24 heavy (non-hydrogen) atoms. The fraction of sp³-hybridized carbons (Fsp3) is 0.375. The molecular weight excluding hydrogens is 328 g/mol. The predicted octanol–water partition coefficient (Wildman–Crippen LogP) is 1.06. The third-order valence-corrected chi connectivity index (χ3v) is 5.49. The Morgan fingerprint density at radius 2 is 2.04 bits per heavy atom. The van der Waals surface area contributed by atoms with E-state index in [0.717, 1.165) is 12.0 Å². The lowest BCUT2D eigenvalue weighted by Gasteiger charge is -2.24. The molecule has 1 aliphatic heterocycles. The number of hydrogen-bond acceptors (Lipinski definition) is 4. The van der Waals surface area contributed by atoms with Crippen LogP contribution in [0.15, 0.2) is 47.6 Å². The number of carbonyl (C=O) groups is 1. The second-order valence-electron chi connectivity index (χ2n) is 5.88. The number of nitrogens with zero attached hydrogens (tertiary/aromatic N) is 3. The molecule has 1 N–H and O–H groups in total. The van der Waals surface area contributed by atoms with Crippen LogP contribution in [0.25, 0.3) is 0 Å². The number of likely N-dealkylation sites (tertiary alicyclic amines) is 1. The minimum absolute atomic E-state index is 0.0662. The molecule has 8 heteroatoms. The second kappa shape index (κ2) is 6.74. The molecule has 7 nitrogen and oxygen atoms in total. The molecule has 1 aromatic heterocycles. The van der Waals surface area contributed by atoms with Crippen molar-refractivity contribution in [2.24, 2.45) is 7.05 Å². The number of sulfonamides is 1. The summed E-state index contributed by atoms with van der Waals surface area (Å²) in [6, 6.07) is 8.79. The molecule has 2 aromatic rings. The maximum atomic E-state index is 12.6. The lowest BCUT2D eigenvalue weighted by atomic mass is 10.1. The van der Waals surface area contributed by atoms with E-state index in [0.29, 0.717) is 19.5 Å².